The highest BCUT2D eigenvalue weighted by Gasteiger charge is 2.09. The van der Waals surface area contributed by atoms with Gasteiger partial charge in [-0.05, 0) is 63.6 Å². The molecule has 0 amide bonds. The Morgan fingerprint density at radius 2 is 1.68 bits per heavy atom. The lowest BCUT2D eigenvalue weighted by atomic mass is 10.0. The summed E-state index contributed by atoms with van der Waals surface area (Å²) in [4.78, 5) is 19.2. The molecule has 28 heavy (non-hydrogen) atoms. The standard InChI is InChI=1S/C23H30BrN3O/c1-25(2)12-13-27(5)21-15-18(14-20(24)16-21)10-11-23(28)22-9-7-6-8-19(22)17-26(3)4/h6-11,14-16H,12-13,17H2,1-5H3. The molecule has 4 nitrogen and oxygen atoms in total. The van der Waals surface area contributed by atoms with Crippen LogP contribution in [0.15, 0.2) is 53.0 Å². The summed E-state index contributed by atoms with van der Waals surface area (Å²) in [6, 6.07) is 14.0. The smallest absolute Gasteiger partial charge is 0.186 e. The quantitative estimate of drug-likeness (QED) is 0.423. The normalized spacial score (nSPS) is 11.6. The lowest BCUT2D eigenvalue weighted by molar-refractivity contribution is 0.104. The third kappa shape index (κ3) is 6.89. The molecule has 0 aliphatic carbocycles. The maximum atomic E-state index is 12.8. The molecule has 0 radical (unpaired) electrons. The third-order valence-electron chi connectivity index (χ3n) is 4.42. The van der Waals surface area contributed by atoms with Gasteiger partial charge in [0.15, 0.2) is 5.78 Å². The Morgan fingerprint density at radius 1 is 0.964 bits per heavy atom. The zero-order valence-corrected chi connectivity index (χ0v) is 19.0. The Hall–Kier alpha value is -1.95. The van der Waals surface area contributed by atoms with Crippen LogP contribution in [0.5, 0.6) is 0 Å². The fourth-order valence-electron chi connectivity index (χ4n) is 2.89. The van der Waals surface area contributed by atoms with E-state index < -0.39 is 0 Å². The number of nitrogens with zero attached hydrogens (tertiary/aromatic N) is 3. The number of hydrogen-bond acceptors (Lipinski definition) is 4. The minimum atomic E-state index is 0.0277. The molecule has 0 N–H and O–H groups in total. The maximum Gasteiger partial charge on any atom is 0.186 e. The molecule has 0 aliphatic rings. The van der Waals surface area contributed by atoms with Crippen LogP contribution in [-0.4, -0.2) is 63.9 Å². The van der Waals surface area contributed by atoms with Gasteiger partial charge in [0.2, 0.25) is 0 Å². The van der Waals surface area contributed by atoms with Gasteiger partial charge >= 0.3 is 0 Å². The molecular weight excluding hydrogens is 414 g/mol. The van der Waals surface area contributed by atoms with E-state index in [-0.39, 0.29) is 5.78 Å². The Kier molecular flexibility index (Phi) is 8.42. The second kappa shape index (κ2) is 10.6. The number of likely N-dealkylation sites (N-methyl/N-ethyl adjacent to an activating group) is 2. The number of carbonyl (C=O) groups is 1. The van der Waals surface area contributed by atoms with Crippen LogP contribution in [0.3, 0.4) is 0 Å². The Bertz CT molecular complexity index is 830. The molecule has 150 valence electrons. The van der Waals surface area contributed by atoms with Gasteiger partial charge < -0.3 is 14.7 Å². The van der Waals surface area contributed by atoms with E-state index >= 15 is 0 Å². The molecule has 0 spiro atoms. The minimum absolute atomic E-state index is 0.0277. The van der Waals surface area contributed by atoms with E-state index in [0.717, 1.165) is 46.5 Å². The van der Waals surface area contributed by atoms with E-state index in [2.05, 4.69) is 63.9 Å². The number of benzene rings is 2. The van der Waals surface area contributed by atoms with Crippen molar-refractivity contribution >= 4 is 33.5 Å². The molecule has 2 rings (SSSR count). The summed E-state index contributed by atoms with van der Waals surface area (Å²) in [6.07, 6.45) is 3.56. The van der Waals surface area contributed by atoms with E-state index in [0.29, 0.717) is 0 Å². The molecule has 0 saturated carbocycles. The van der Waals surface area contributed by atoms with Crippen molar-refractivity contribution < 1.29 is 4.79 Å². The molecule has 0 fully saturated rings. The van der Waals surface area contributed by atoms with Gasteiger partial charge in [-0.25, -0.2) is 0 Å². The molecule has 0 bridgehead atoms. The van der Waals surface area contributed by atoms with Crippen molar-refractivity contribution in [2.75, 3.05) is 53.2 Å². The highest BCUT2D eigenvalue weighted by Crippen LogP contribution is 2.23. The summed E-state index contributed by atoms with van der Waals surface area (Å²) in [7, 11) is 10.2. The van der Waals surface area contributed by atoms with Crippen molar-refractivity contribution in [1.82, 2.24) is 9.80 Å². The zero-order chi connectivity index (χ0) is 20.7. The SMILES string of the molecule is CN(C)CCN(C)c1cc(Br)cc(C=CC(=O)c2ccccc2CN(C)C)c1. The Labute approximate surface area is 177 Å². The van der Waals surface area contributed by atoms with Crippen LogP contribution in [0.2, 0.25) is 0 Å². The summed E-state index contributed by atoms with van der Waals surface area (Å²) in [5.41, 5.74) is 3.92. The molecule has 2 aromatic carbocycles. The van der Waals surface area contributed by atoms with Gasteiger partial charge in [0.1, 0.15) is 0 Å². The molecule has 0 atom stereocenters. The topological polar surface area (TPSA) is 26.8 Å². The summed E-state index contributed by atoms with van der Waals surface area (Å²) >= 11 is 3.59. The average Bonchev–Trinajstić information content (AvgIpc) is 2.63. The van der Waals surface area contributed by atoms with Crippen molar-refractivity contribution in [1.29, 1.82) is 0 Å². The Morgan fingerprint density at radius 3 is 2.36 bits per heavy atom. The van der Waals surface area contributed by atoms with Crippen LogP contribution in [0.4, 0.5) is 5.69 Å². The monoisotopic (exact) mass is 443 g/mol. The molecule has 0 aromatic heterocycles. The lowest BCUT2D eigenvalue weighted by Crippen LogP contribution is -2.28. The third-order valence-corrected chi connectivity index (χ3v) is 4.88. The van der Waals surface area contributed by atoms with Crippen LogP contribution in [0.1, 0.15) is 21.5 Å². The highest BCUT2D eigenvalue weighted by atomic mass is 79.9. The molecule has 0 aliphatic heterocycles. The van der Waals surface area contributed by atoms with Crippen molar-refractivity contribution in [2.24, 2.45) is 0 Å². The van der Waals surface area contributed by atoms with Gasteiger partial charge in [-0.2, -0.15) is 0 Å². The van der Waals surface area contributed by atoms with E-state index in [9.17, 15) is 4.79 Å². The zero-order valence-electron chi connectivity index (χ0n) is 17.4. The lowest BCUT2D eigenvalue weighted by Gasteiger charge is -2.22. The first-order valence-corrected chi connectivity index (χ1v) is 10.2. The molecular formula is C23H30BrN3O. The number of halogens is 1. The maximum absolute atomic E-state index is 12.8. The van der Waals surface area contributed by atoms with Crippen LogP contribution in [-0.2, 0) is 6.54 Å². The van der Waals surface area contributed by atoms with Crippen molar-refractivity contribution in [3.63, 3.8) is 0 Å². The molecule has 0 saturated heterocycles. The number of anilines is 1. The molecule has 2 aromatic rings. The number of rotatable bonds is 9. The highest BCUT2D eigenvalue weighted by molar-refractivity contribution is 9.10. The van der Waals surface area contributed by atoms with Gasteiger partial charge in [0, 0.05) is 42.4 Å². The summed E-state index contributed by atoms with van der Waals surface area (Å²) < 4.78 is 1.00. The first-order chi connectivity index (χ1) is 13.3. The second-order valence-corrected chi connectivity index (χ2v) is 8.48. The van der Waals surface area contributed by atoms with Gasteiger partial charge in [-0.3, -0.25) is 4.79 Å². The predicted octanol–water partition coefficient (Wildman–Crippen LogP) is 4.40. The largest absolute Gasteiger partial charge is 0.373 e. The van der Waals surface area contributed by atoms with E-state index in [1.807, 2.05) is 50.5 Å². The Balaban J connectivity index is 2.19. The van der Waals surface area contributed by atoms with Crippen LogP contribution >= 0.6 is 15.9 Å². The van der Waals surface area contributed by atoms with E-state index in [1.54, 1.807) is 6.08 Å². The van der Waals surface area contributed by atoms with Gasteiger partial charge in [-0.1, -0.05) is 46.3 Å². The van der Waals surface area contributed by atoms with Gasteiger partial charge in [-0.15, -0.1) is 0 Å². The summed E-state index contributed by atoms with van der Waals surface area (Å²) in [6.45, 7) is 2.66. The van der Waals surface area contributed by atoms with Crippen LogP contribution in [0, 0.1) is 0 Å². The first kappa shape index (κ1) is 22.3. The van der Waals surface area contributed by atoms with Crippen molar-refractivity contribution in [3.05, 3.63) is 69.7 Å². The summed E-state index contributed by atoms with van der Waals surface area (Å²) in [5.74, 6) is 0.0277. The molecule has 0 heterocycles. The van der Waals surface area contributed by atoms with Gasteiger partial charge in [0.25, 0.3) is 0 Å². The van der Waals surface area contributed by atoms with E-state index in [4.69, 9.17) is 0 Å². The predicted molar refractivity (Wildman–Crippen MR) is 123 cm³/mol. The van der Waals surface area contributed by atoms with E-state index in [1.165, 1.54) is 0 Å². The van der Waals surface area contributed by atoms with Gasteiger partial charge in [0.05, 0.1) is 0 Å². The molecule has 0 unspecified atom stereocenters. The molecule has 5 heteroatoms. The van der Waals surface area contributed by atoms with Crippen LogP contribution in [0.25, 0.3) is 6.08 Å². The fraction of sp³-hybridized carbons (Fsp3) is 0.348. The minimum Gasteiger partial charge on any atom is -0.373 e. The number of allylic oxidation sites excluding steroid dienone is 1. The van der Waals surface area contributed by atoms with Crippen LogP contribution < -0.4 is 4.90 Å². The number of ketones is 1. The second-order valence-electron chi connectivity index (χ2n) is 7.56. The first-order valence-electron chi connectivity index (χ1n) is 9.38. The number of hydrogen-bond donors (Lipinski definition) is 0. The van der Waals surface area contributed by atoms with Crippen molar-refractivity contribution in [3.8, 4) is 0 Å². The average molecular weight is 444 g/mol. The number of carbonyl (C=O) groups excluding carboxylic acids is 1. The van der Waals surface area contributed by atoms with Crippen molar-refractivity contribution in [2.45, 2.75) is 6.54 Å². The fourth-order valence-corrected chi connectivity index (χ4v) is 3.39. The summed E-state index contributed by atoms with van der Waals surface area (Å²) in [5, 5.41) is 0.